The number of carbonyl (C=O) groups excluding carboxylic acids is 1. The lowest BCUT2D eigenvalue weighted by Crippen LogP contribution is -2.26. The molecule has 0 saturated heterocycles. The van der Waals surface area contributed by atoms with Crippen molar-refractivity contribution in [3.8, 4) is 5.75 Å². The third kappa shape index (κ3) is 3.71. The van der Waals surface area contributed by atoms with E-state index in [0.29, 0.717) is 5.02 Å². The normalized spacial score (nSPS) is 11.2. The Labute approximate surface area is 107 Å². The van der Waals surface area contributed by atoms with Crippen molar-refractivity contribution in [2.45, 2.75) is 6.23 Å². The molecule has 1 aromatic rings. The molecule has 90 valence electrons. The van der Waals surface area contributed by atoms with E-state index in [0.717, 1.165) is 7.11 Å². The zero-order chi connectivity index (χ0) is 12.8. The lowest BCUT2D eigenvalue weighted by Gasteiger charge is -2.12. The van der Waals surface area contributed by atoms with Crippen LogP contribution in [0.2, 0.25) is 10.0 Å². The van der Waals surface area contributed by atoms with Crippen molar-refractivity contribution < 1.29 is 14.3 Å². The van der Waals surface area contributed by atoms with Gasteiger partial charge in [-0.2, -0.15) is 0 Å². The molecule has 0 N–H and O–H groups in total. The maximum absolute atomic E-state index is 11.2. The lowest BCUT2D eigenvalue weighted by atomic mass is 10.3. The molecule has 8 heteroatoms. The van der Waals surface area contributed by atoms with Crippen LogP contribution in [0, 0.1) is 0 Å². The van der Waals surface area contributed by atoms with E-state index in [2.05, 4.69) is 14.8 Å². The fraction of sp³-hybridized carbons (Fsp3) is 0.222. The first-order valence-corrected chi connectivity index (χ1v) is 5.08. The van der Waals surface area contributed by atoms with Crippen molar-refractivity contribution in [3.05, 3.63) is 38.7 Å². The molecule has 0 amide bonds. The molecule has 6 nitrogen and oxygen atoms in total. The highest BCUT2D eigenvalue weighted by Crippen LogP contribution is 2.28. The first kappa shape index (κ1) is 13.4. The number of benzene rings is 1. The van der Waals surface area contributed by atoms with Crippen LogP contribution in [0.1, 0.15) is 0 Å². The Morgan fingerprint density at radius 1 is 1.53 bits per heavy atom. The largest absolute Gasteiger partial charge is 0.471 e. The van der Waals surface area contributed by atoms with Gasteiger partial charge in [0.25, 0.3) is 6.23 Å². The second-order valence-electron chi connectivity index (χ2n) is 2.77. The van der Waals surface area contributed by atoms with Crippen LogP contribution in [0.3, 0.4) is 0 Å². The Balaban J connectivity index is 2.93. The molecular formula is C9H7Cl2N3O3. The Kier molecular flexibility index (Phi) is 4.90. The number of esters is 1. The fourth-order valence-electron chi connectivity index (χ4n) is 0.958. The Morgan fingerprint density at radius 2 is 2.24 bits per heavy atom. The van der Waals surface area contributed by atoms with Gasteiger partial charge in [0.05, 0.1) is 12.1 Å². The summed E-state index contributed by atoms with van der Waals surface area (Å²) >= 11 is 11.5. The maximum atomic E-state index is 11.2. The SMILES string of the molecule is COC(=O)C(N=[N+]=[N-])Oc1ccc(Cl)cc1Cl. The number of carbonyl (C=O) groups is 1. The van der Waals surface area contributed by atoms with E-state index in [-0.39, 0.29) is 10.8 Å². The minimum Gasteiger partial charge on any atom is -0.471 e. The molecular weight excluding hydrogens is 269 g/mol. The quantitative estimate of drug-likeness (QED) is 0.366. The first-order chi connectivity index (χ1) is 8.08. The summed E-state index contributed by atoms with van der Waals surface area (Å²) in [6, 6.07) is 4.41. The first-order valence-electron chi connectivity index (χ1n) is 4.32. The number of methoxy groups -OCH3 is 1. The molecule has 0 bridgehead atoms. The van der Waals surface area contributed by atoms with Crippen molar-refractivity contribution in [2.24, 2.45) is 5.11 Å². The minimum absolute atomic E-state index is 0.166. The minimum atomic E-state index is -1.43. The number of halogens is 2. The van der Waals surface area contributed by atoms with Crippen molar-refractivity contribution >= 4 is 29.2 Å². The molecule has 0 aromatic heterocycles. The summed E-state index contributed by atoms with van der Waals surface area (Å²) < 4.78 is 9.51. The van der Waals surface area contributed by atoms with Gasteiger partial charge in [0, 0.05) is 9.93 Å². The smallest absolute Gasteiger partial charge is 0.353 e. The monoisotopic (exact) mass is 275 g/mol. The van der Waals surface area contributed by atoms with Crippen molar-refractivity contribution in [2.75, 3.05) is 7.11 Å². The predicted molar refractivity (Wildman–Crippen MR) is 62.0 cm³/mol. The van der Waals surface area contributed by atoms with Gasteiger partial charge in [-0.1, -0.05) is 23.2 Å². The average Bonchev–Trinajstić information content (AvgIpc) is 2.30. The highest BCUT2D eigenvalue weighted by atomic mass is 35.5. The molecule has 0 aliphatic rings. The fourth-order valence-corrected chi connectivity index (χ4v) is 1.41. The molecule has 1 aromatic carbocycles. The van der Waals surface area contributed by atoms with Gasteiger partial charge in [-0.15, -0.1) is 0 Å². The molecule has 0 spiro atoms. The van der Waals surface area contributed by atoms with Gasteiger partial charge in [0.15, 0.2) is 0 Å². The molecule has 0 aliphatic carbocycles. The van der Waals surface area contributed by atoms with Gasteiger partial charge < -0.3 is 9.47 Å². The summed E-state index contributed by atoms with van der Waals surface area (Å²) in [6.07, 6.45) is -1.43. The number of azide groups is 1. The van der Waals surface area contributed by atoms with E-state index in [9.17, 15) is 4.79 Å². The third-order valence-electron chi connectivity index (χ3n) is 1.69. The van der Waals surface area contributed by atoms with E-state index in [1.165, 1.54) is 18.2 Å². The average molecular weight is 276 g/mol. The van der Waals surface area contributed by atoms with Crippen LogP contribution < -0.4 is 4.74 Å². The van der Waals surface area contributed by atoms with Crippen LogP contribution in [0.15, 0.2) is 23.3 Å². The topological polar surface area (TPSA) is 84.3 Å². The van der Waals surface area contributed by atoms with Gasteiger partial charge in [-0.05, 0) is 28.8 Å². The molecule has 0 heterocycles. The molecule has 0 aliphatic heterocycles. The van der Waals surface area contributed by atoms with Gasteiger partial charge in [-0.3, -0.25) is 0 Å². The van der Waals surface area contributed by atoms with Crippen LogP contribution in [0.4, 0.5) is 0 Å². The number of ether oxygens (including phenoxy) is 2. The summed E-state index contributed by atoms with van der Waals surface area (Å²) in [5.41, 5.74) is 8.29. The van der Waals surface area contributed by atoms with E-state index in [4.69, 9.17) is 33.5 Å². The van der Waals surface area contributed by atoms with Crippen molar-refractivity contribution in [1.82, 2.24) is 0 Å². The molecule has 1 unspecified atom stereocenters. The van der Waals surface area contributed by atoms with E-state index >= 15 is 0 Å². The van der Waals surface area contributed by atoms with Gasteiger partial charge >= 0.3 is 5.97 Å². The Bertz CT molecular complexity index is 475. The molecule has 0 saturated carbocycles. The molecule has 0 radical (unpaired) electrons. The van der Waals surface area contributed by atoms with Gasteiger partial charge in [0.2, 0.25) is 0 Å². The number of hydrogen-bond donors (Lipinski definition) is 0. The Hall–Kier alpha value is -1.62. The van der Waals surface area contributed by atoms with E-state index < -0.39 is 12.2 Å². The van der Waals surface area contributed by atoms with Crippen LogP contribution in [-0.4, -0.2) is 19.3 Å². The van der Waals surface area contributed by atoms with Gasteiger partial charge in [-0.25, -0.2) is 4.79 Å². The second kappa shape index (κ2) is 6.20. The van der Waals surface area contributed by atoms with Crippen LogP contribution >= 0.6 is 23.2 Å². The summed E-state index contributed by atoms with van der Waals surface area (Å²) in [6.45, 7) is 0. The van der Waals surface area contributed by atoms with Crippen LogP contribution in [-0.2, 0) is 9.53 Å². The standard InChI is InChI=1S/C9H7Cl2N3O3/c1-16-9(15)8(13-14-12)17-7-3-2-5(10)4-6(7)11/h2-4,8H,1H3. The predicted octanol–water partition coefficient (Wildman–Crippen LogP) is 3.18. The zero-order valence-corrected chi connectivity index (χ0v) is 10.1. The highest BCUT2D eigenvalue weighted by molar-refractivity contribution is 6.35. The second-order valence-corrected chi connectivity index (χ2v) is 3.62. The number of rotatable bonds is 4. The van der Waals surface area contributed by atoms with Crippen LogP contribution in [0.5, 0.6) is 5.75 Å². The third-order valence-corrected chi connectivity index (χ3v) is 2.22. The zero-order valence-electron chi connectivity index (χ0n) is 8.63. The number of hydrogen-bond acceptors (Lipinski definition) is 4. The van der Waals surface area contributed by atoms with Crippen molar-refractivity contribution in [3.63, 3.8) is 0 Å². The maximum Gasteiger partial charge on any atom is 0.353 e. The molecule has 17 heavy (non-hydrogen) atoms. The van der Waals surface area contributed by atoms with Crippen molar-refractivity contribution in [1.29, 1.82) is 0 Å². The van der Waals surface area contributed by atoms with E-state index in [1.807, 2.05) is 0 Å². The molecule has 1 rings (SSSR count). The molecule has 0 fully saturated rings. The summed E-state index contributed by atoms with van der Waals surface area (Å²) in [7, 11) is 1.15. The van der Waals surface area contributed by atoms with Gasteiger partial charge in [0.1, 0.15) is 5.75 Å². The summed E-state index contributed by atoms with van der Waals surface area (Å²) in [5, 5.41) is 3.76. The van der Waals surface area contributed by atoms with Crippen LogP contribution in [0.25, 0.3) is 10.4 Å². The molecule has 1 atom stereocenters. The lowest BCUT2D eigenvalue weighted by molar-refractivity contribution is -0.148. The highest BCUT2D eigenvalue weighted by Gasteiger charge is 2.20. The Morgan fingerprint density at radius 3 is 2.76 bits per heavy atom. The number of nitrogens with zero attached hydrogens (tertiary/aromatic N) is 3. The summed E-state index contributed by atoms with van der Waals surface area (Å²) in [4.78, 5) is 13.7. The summed E-state index contributed by atoms with van der Waals surface area (Å²) in [5.74, 6) is -0.660. The van der Waals surface area contributed by atoms with E-state index in [1.54, 1.807) is 0 Å².